The van der Waals surface area contributed by atoms with Crippen molar-refractivity contribution in [3.05, 3.63) is 27.3 Å². The van der Waals surface area contributed by atoms with Gasteiger partial charge >= 0.3 is 0 Å². The number of rotatable bonds is 3. The fraction of sp³-hybridized carbons (Fsp3) is 0.533. The third-order valence-corrected chi connectivity index (χ3v) is 5.33. The number of aromatic hydroxyl groups is 1. The second kappa shape index (κ2) is 5.69. The van der Waals surface area contributed by atoms with Crippen molar-refractivity contribution in [3.8, 4) is 5.75 Å². The summed E-state index contributed by atoms with van der Waals surface area (Å²) in [4.78, 5) is 14.4. The second-order valence-electron chi connectivity index (χ2n) is 5.35. The summed E-state index contributed by atoms with van der Waals surface area (Å²) in [5.74, 6) is 0.221. The van der Waals surface area contributed by atoms with Gasteiger partial charge in [0.2, 0.25) is 0 Å². The highest BCUT2D eigenvalue weighted by molar-refractivity contribution is 14.1. The molecule has 4 heteroatoms. The van der Waals surface area contributed by atoms with Gasteiger partial charge in [0.25, 0.3) is 5.91 Å². The molecule has 3 nitrogen and oxygen atoms in total. The van der Waals surface area contributed by atoms with Crippen LogP contribution in [0.1, 0.15) is 43.5 Å². The van der Waals surface area contributed by atoms with E-state index in [-0.39, 0.29) is 11.7 Å². The molecule has 0 unspecified atom stereocenters. The number of phenols is 1. The number of halogens is 1. The van der Waals surface area contributed by atoms with Gasteiger partial charge in [0.15, 0.2) is 0 Å². The van der Waals surface area contributed by atoms with Crippen LogP contribution in [-0.2, 0) is 0 Å². The Bertz CT molecular complexity index is 483. The molecule has 104 valence electrons. The van der Waals surface area contributed by atoms with E-state index in [9.17, 15) is 9.90 Å². The van der Waals surface area contributed by atoms with E-state index in [1.807, 2.05) is 4.90 Å². The van der Waals surface area contributed by atoms with E-state index in [4.69, 9.17) is 0 Å². The van der Waals surface area contributed by atoms with Crippen LogP contribution in [0.2, 0.25) is 0 Å². The lowest BCUT2D eigenvalue weighted by Crippen LogP contribution is -2.31. The van der Waals surface area contributed by atoms with Crippen LogP contribution >= 0.6 is 22.6 Å². The lowest BCUT2D eigenvalue weighted by atomic mass is 9.82. The van der Waals surface area contributed by atoms with Gasteiger partial charge in [-0.05, 0) is 65.5 Å². The molecule has 1 aromatic rings. The van der Waals surface area contributed by atoms with Crippen molar-refractivity contribution in [2.45, 2.75) is 33.1 Å². The van der Waals surface area contributed by atoms with E-state index in [1.54, 1.807) is 18.2 Å². The lowest BCUT2D eigenvalue weighted by Gasteiger charge is -2.26. The standard InChI is InChI=1S/C15H20INO2/c1-3-15(4-2)7-8-17(10-15)14(19)11-5-6-12(16)13(18)9-11/h5-6,9,18H,3-4,7-8,10H2,1-2H3. The number of nitrogens with zero attached hydrogens (tertiary/aromatic N) is 1. The summed E-state index contributed by atoms with van der Waals surface area (Å²) in [5.41, 5.74) is 0.877. The van der Waals surface area contributed by atoms with Gasteiger partial charge in [0.05, 0.1) is 3.57 Å². The van der Waals surface area contributed by atoms with Crippen LogP contribution < -0.4 is 0 Å². The van der Waals surface area contributed by atoms with Crippen LogP contribution in [0.4, 0.5) is 0 Å². The topological polar surface area (TPSA) is 40.5 Å². The predicted molar refractivity (Wildman–Crippen MR) is 84.4 cm³/mol. The van der Waals surface area contributed by atoms with Gasteiger partial charge < -0.3 is 10.0 Å². The van der Waals surface area contributed by atoms with Crippen LogP contribution in [0.25, 0.3) is 0 Å². The summed E-state index contributed by atoms with van der Waals surface area (Å²) >= 11 is 2.06. The molecule has 1 aliphatic heterocycles. The molecule has 0 radical (unpaired) electrons. The molecule has 2 rings (SSSR count). The number of carbonyl (C=O) groups excluding carboxylic acids is 1. The first kappa shape index (κ1) is 14.6. The molecule has 1 heterocycles. The number of hydrogen-bond acceptors (Lipinski definition) is 2. The SMILES string of the molecule is CCC1(CC)CCN(C(=O)c2ccc(I)c(O)c2)C1. The van der Waals surface area contributed by atoms with Crippen molar-refractivity contribution >= 4 is 28.5 Å². The molecule has 1 fully saturated rings. The van der Waals surface area contributed by atoms with Gasteiger partial charge in [-0.1, -0.05) is 13.8 Å². The number of carbonyl (C=O) groups is 1. The monoisotopic (exact) mass is 373 g/mol. The van der Waals surface area contributed by atoms with Gasteiger partial charge in [-0.15, -0.1) is 0 Å². The third-order valence-electron chi connectivity index (χ3n) is 4.42. The number of amides is 1. The van der Waals surface area contributed by atoms with Gasteiger partial charge in [0, 0.05) is 18.7 Å². The Balaban J connectivity index is 2.15. The predicted octanol–water partition coefficient (Wildman–Crippen LogP) is 3.65. The Morgan fingerprint density at radius 2 is 2.11 bits per heavy atom. The van der Waals surface area contributed by atoms with Crippen molar-refractivity contribution in [3.63, 3.8) is 0 Å². The highest BCUT2D eigenvalue weighted by Crippen LogP contribution is 2.37. The van der Waals surface area contributed by atoms with Crippen molar-refractivity contribution in [1.82, 2.24) is 4.90 Å². The molecule has 1 aliphatic rings. The minimum Gasteiger partial charge on any atom is -0.507 e. The zero-order valence-electron chi connectivity index (χ0n) is 11.4. The number of benzene rings is 1. The minimum absolute atomic E-state index is 0.0375. The first-order valence-electron chi connectivity index (χ1n) is 6.79. The normalized spacial score (nSPS) is 17.7. The summed E-state index contributed by atoms with van der Waals surface area (Å²) in [6, 6.07) is 5.15. The Morgan fingerprint density at radius 1 is 1.42 bits per heavy atom. The van der Waals surface area contributed by atoms with Gasteiger partial charge in [-0.25, -0.2) is 0 Å². The average Bonchev–Trinajstić information content (AvgIpc) is 2.86. The van der Waals surface area contributed by atoms with Crippen LogP contribution in [0.5, 0.6) is 5.75 Å². The van der Waals surface area contributed by atoms with Crippen LogP contribution in [0.3, 0.4) is 0 Å². The zero-order valence-corrected chi connectivity index (χ0v) is 13.6. The molecular formula is C15H20INO2. The Kier molecular flexibility index (Phi) is 4.38. The highest BCUT2D eigenvalue weighted by Gasteiger charge is 2.37. The third kappa shape index (κ3) is 2.88. The van der Waals surface area contributed by atoms with E-state index >= 15 is 0 Å². The first-order chi connectivity index (χ1) is 9.01. The molecule has 1 aromatic carbocycles. The molecule has 0 atom stereocenters. The average molecular weight is 373 g/mol. The number of hydrogen-bond donors (Lipinski definition) is 1. The van der Waals surface area contributed by atoms with E-state index in [0.717, 1.165) is 35.9 Å². The fourth-order valence-electron chi connectivity index (χ4n) is 2.76. The smallest absolute Gasteiger partial charge is 0.254 e. The summed E-state index contributed by atoms with van der Waals surface area (Å²) < 4.78 is 0.770. The van der Waals surface area contributed by atoms with Crippen LogP contribution in [0.15, 0.2) is 18.2 Å². The molecule has 19 heavy (non-hydrogen) atoms. The summed E-state index contributed by atoms with van der Waals surface area (Å²) in [6.45, 7) is 6.07. The van der Waals surface area contributed by atoms with Crippen molar-refractivity contribution < 1.29 is 9.90 Å². The summed E-state index contributed by atoms with van der Waals surface area (Å²) in [6.07, 6.45) is 3.32. The molecule has 0 bridgehead atoms. The van der Waals surface area contributed by atoms with E-state index < -0.39 is 0 Å². The van der Waals surface area contributed by atoms with E-state index in [0.29, 0.717) is 11.0 Å². The van der Waals surface area contributed by atoms with Crippen LogP contribution in [0, 0.1) is 8.99 Å². The largest absolute Gasteiger partial charge is 0.507 e. The van der Waals surface area contributed by atoms with Gasteiger partial charge in [-0.2, -0.15) is 0 Å². The second-order valence-corrected chi connectivity index (χ2v) is 6.51. The fourth-order valence-corrected chi connectivity index (χ4v) is 3.10. The number of phenolic OH excluding ortho intramolecular Hbond substituents is 1. The van der Waals surface area contributed by atoms with Crippen molar-refractivity contribution in [2.24, 2.45) is 5.41 Å². The molecule has 0 aromatic heterocycles. The van der Waals surface area contributed by atoms with Gasteiger partial charge in [0.1, 0.15) is 5.75 Å². The maximum Gasteiger partial charge on any atom is 0.254 e. The molecule has 1 amide bonds. The molecule has 0 aliphatic carbocycles. The van der Waals surface area contributed by atoms with Crippen LogP contribution in [-0.4, -0.2) is 29.0 Å². The summed E-state index contributed by atoms with van der Waals surface area (Å²) in [5, 5.41) is 9.71. The molecule has 1 N–H and O–H groups in total. The summed E-state index contributed by atoms with van der Waals surface area (Å²) in [7, 11) is 0. The first-order valence-corrected chi connectivity index (χ1v) is 7.87. The lowest BCUT2D eigenvalue weighted by molar-refractivity contribution is 0.0769. The Labute approximate surface area is 128 Å². The van der Waals surface area contributed by atoms with Gasteiger partial charge in [-0.3, -0.25) is 4.79 Å². The van der Waals surface area contributed by atoms with Crippen molar-refractivity contribution in [1.29, 1.82) is 0 Å². The zero-order chi connectivity index (χ0) is 14.0. The maximum atomic E-state index is 12.4. The molecule has 0 spiro atoms. The maximum absolute atomic E-state index is 12.4. The quantitative estimate of drug-likeness (QED) is 0.822. The highest BCUT2D eigenvalue weighted by atomic mass is 127. The molecule has 0 saturated carbocycles. The Morgan fingerprint density at radius 3 is 2.63 bits per heavy atom. The Hall–Kier alpha value is -0.780. The van der Waals surface area contributed by atoms with Crippen molar-refractivity contribution in [2.75, 3.05) is 13.1 Å². The number of likely N-dealkylation sites (tertiary alicyclic amines) is 1. The van der Waals surface area contributed by atoms with E-state index in [1.165, 1.54) is 0 Å². The molecular weight excluding hydrogens is 353 g/mol. The molecule has 1 saturated heterocycles. The van der Waals surface area contributed by atoms with E-state index in [2.05, 4.69) is 36.4 Å². The minimum atomic E-state index is 0.0375.